The predicted molar refractivity (Wildman–Crippen MR) is 108 cm³/mol. The Bertz CT molecular complexity index is 929. The maximum Gasteiger partial charge on any atom is 0.270 e. The van der Waals surface area contributed by atoms with E-state index in [0.29, 0.717) is 5.75 Å². The number of benzene rings is 3. The average Bonchev–Trinajstić information content (AvgIpc) is 2.72. The van der Waals surface area contributed by atoms with Gasteiger partial charge in [0, 0.05) is 18.1 Å². The summed E-state index contributed by atoms with van der Waals surface area (Å²) in [6.45, 7) is 3.52. The second kappa shape index (κ2) is 8.48. The Balaban J connectivity index is 2.08. The summed E-state index contributed by atoms with van der Waals surface area (Å²) >= 11 is 0. The summed E-state index contributed by atoms with van der Waals surface area (Å²) in [6.07, 6.45) is -0.442. The quantitative estimate of drug-likeness (QED) is 0.306. The van der Waals surface area contributed by atoms with Crippen LogP contribution in [0.2, 0.25) is 0 Å². The lowest BCUT2D eigenvalue weighted by Crippen LogP contribution is -2.14. The van der Waals surface area contributed by atoms with Crippen molar-refractivity contribution in [1.29, 1.82) is 0 Å². The van der Waals surface area contributed by atoms with Crippen LogP contribution in [-0.2, 0) is 0 Å². The molecule has 0 saturated carbocycles. The van der Waals surface area contributed by atoms with Crippen LogP contribution >= 0.6 is 0 Å². The molecule has 0 saturated heterocycles. The van der Waals surface area contributed by atoms with Crippen molar-refractivity contribution < 1.29 is 14.5 Å². The molecule has 0 atom stereocenters. The third kappa shape index (κ3) is 4.26. The van der Waals surface area contributed by atoms with E-state index in [2.05, 4.69) is 0 Å². The fourth-order valence-electron chi connectivity index (χ4n) is 2.95. The summed E-state index contributed by atoms with van der Waals surface area (Å²) in [7, 11) is 0. The van der Waals surface area contributed by atoms with Crippen molar-refractivity contribution in [2.45, 2.75) is 20.0 Å². The minimum Gasteiger partial charge on any atom is -0.480 e. The van der Waals surface area contributed by atoms with E-state index in [1.807, 2.05) is 60.7 Å². The molecule has 3 aromatic carbocycles. The molecule has 0 unspecified atom stereocenters. The van der Waals surface area contributed by atoms with Crippen molar-refractivity contribution in [3.8, 4) is 5.75 Å². The van der Waals surface area contributed by atoms with Gasteiger partial charge in [0.2, 0.25) is 0 Å². The Morgan fingerprint density at radius 1 is 0.893 bits per heavy atom. The zero-order valence-electron chi connectivity index (χ0n) is 15.7. The Morgan fingerprint density at radius 3 is 1.89 bits per heavy atom. The molecule has 28 heavy (non-hydrogen) atoms. The Kier molecular flexibility index (Phi) is 5.84. The van der Waals surface area contributed by atoms with Crippen LogP contribution in [0.3, 0.4) is 0 Å². The van der Waals surface area contributed by atoms with Gasteiger partial charge < -0.3 is 4.74 Å². The smallest absolute Gasteiger partial charge is 0.270 e. The summed E-state index contributed by atoms with van der Waals surface area (Å²) in [4.78, 5) is 23.4. The summed E-state index contributed by atoms with van der Waals surface area (Å²) in [5.74, 6) is -0.170. The molecule has 0 fully saturated rings. The number of non-ortho nitro benzene ring substituents is 1. The van der Waals surface area contributed by atoms with Gasteiger partial charge in [-0.1, -0.05) is 74.5 Å². The van der Waals surface area contributed by atoms with Gasteiger partial charge in [-0.25, -0.2) is 0 Å². The molecule has 0 aromatic heterocycles. The maximum atomic E-state index is 12.7. The third-order valence-electron chi connectivity index (χ3n) is 4.41. The standard InChI is InChI=1S/C23H21NO4/c1-16(2)22(25)20-15-19(24(26)27)13-14-21(20)28-23(17-9-5-3-6-10-17)18-11-7-4-8-12-18/h3-16,23H,1-2H3. The van der Waals surface area contributed by atoms with Crippen LogP contribution in [0.1, 0.15) is 41.4 Å². The second-order valence-corrected chi connectivity index (χ2v) is 6.78. The molecular formula is C23H21NO4. The van der Waals surface area contributed by atoms with E-state index in [0.717, 1.165) is 11.1 Å². The highest BCUT2D eigenvalue weighted by molar-refractivity contribution is 6.00. The van der Waals surface area contributed by atoms with Crippen molar-refractivity contribution in [2.75, 3.05) is 0 Å². The van der Waals surface area contributed by atoms with Crippen LogP contribution in [0.4, 0.5) is 5.69 Å². The van der Waals surface area contributed by atoms with E-state index in [-0.39, 0.29) is 23.0 Å². The Labute approximate surface area is 163 Å². The third-order valence-corrected chi connectivity index (χ3v) is 4.41. The van der Waals surface area contributed by atoms with E-state index < -0.39 is 11.0 Å². The number of ketones is 1. The van der Waals surface area contributed by atoms with Gasteiger partial charge in [0.25, 0.3) is 5.69 Å². The summed E-state index contributed by atoms with van der Waals surface area (Å²) in [5.41, 5.74) is 1.94. The molecule has 5 nitrogen and oxygen atoms in total. The Hall–Kier alpha value is -3.47. The van der Waals surface area contributed by atoms with Crippen LogP contribution < -0.4 is 4.74 Å². The first-order valence-corrected chi connectivity index (χ1v) is 9.06. The number of hydrogen-bond acceptors (Lipinski definition) is 4. The van der Waals surface area contributed by atoms with Gasteiger partial charge in [-0.15, -0.1) is 0 Å². The molecule has 0 heterocycles. The van der Waals surface area contributed by atoms with Gasteiger partial charge in [-0.3, -0.25) is 14.9 Å². The van der Waals surface area contributed by atoms with Crippen LogP contribution in [0.5, 0.6) is 5.75 Å². The number of nitrogens with zero attached hydrogens (tertiary/aromatic N) is 1. The zero-order chi connectivity index (χ0) is 20.1. The molecule has 0 spiro atoms. The van der Waals surface area contributed by atoms with Gasteiger partial charge in [0.1, 0.15) is 11.9 Å². The number of Topliss-reactive ketones (excluding diaryl/α,β-unsaturated/α-hetero) is 1. The minimum absolute atomic E-state index is 0.132. The maximum absolute atomic E-state index is 12.7. The van der Waals surface area contributed by atoms with Crippen molar-refractivity contribution in [1.82, 2.24) is 0 Å². The molecule has 0 bridgehead atoms. The van der Waals surface area contributed by atoms with Gasteiger partial charge >= 0.3 is 0 Å². The lowest BCUT2D eigenvalue weighted by molar-refractivity contribution is -0.384. The fraction of sp³-hybridized carbons (Fsp3) is 0.174. The van der Waals surface area contributed by atoms with Crippen molar-refractivity contribution in [3.63, 3.8) is 0 Å². The van der Waals surface area contributed by atoms with Gasteiger partial charge in [-0.05, 0) is 17.2 Å². The van der Waals surface area contributed by atoms with Crippen molar-refractivity contribution >= 4 is 11.5 Å². The molecule has 3 aromatic rings. The Morgan fingerprint density at radius 2 is 1.43 bits per heavy atom. The first kappa shape index (κ1) is 19.3. The lowest BCUT2D eigenvalue weighted by atomic mass is 9.98. The number of rotatable bonds is 7. The van der Waals surface area contributed by atoms with Crippen molar-refractivity contribution in [3.05, 3.63) is 106 Å². The molecule has 142 valence electrons. The number of nitro benzene ring substituents is 1. The summed E-state index contributed by atoms with van der Waals surface area (Å²) < 4.78 is 6.28. The van der Waals surface area contributed by atoms with E-state index in [1.165, 1.54) is 18.2 Å². The lowest BCUT2D eigenvalue weighted by Gasteiger charge is -2.22. The molecule has 0 aliphatic carbocycles. The van der Waals surface area contributed by atoms with Gasteiger partial charge in [-0.2, -0.15) is 0 Å². The predicted octanol–water partition coefficient (Wildman–Crippen LogP) is 5.60. The molecule has 0 radical (unpaired) electrons. The first-order valence-electron chi connectivity index (χ1n) is 9.06. The number of hydrogen-bond donors (Lipinski definition) is 0. The molecule has 5 heteroatoms. The van der Waals surface area contributed by atoms with Crippen LogP contribution in [0, 0.1) is 16.0 Å². The van der Waals surface area contributed by atoms with Crippen LogP contribution in [0.25, 0.3) is 0 Å². The second-order valence-electron chi connectivity index (χ2n) is 6.78. The fourth-order valence-corrected chi connectivity index (χ4v) is 2.95. The number of carbonyl (C=O) groups excluding carboxylic acids is 1. The van der Waals surface area contributed by atoms with Crippen LogP contribution in [-0.4, -0.2) is 10.7 Å². The number of nitro groups is 1. The van der Waals surface area contributed by atoms with Crippen molar-refractivity contribution in [2.24, 2.45) is 5.92 Å². The molecule has 0 aliphatic heterocycles. The van der Waals surface area contributed by atoms with E-state index in [9.17, 15) is 14.9 Å². The molecule has 0 N–H and O–H groups in total. The molecule has 0 amide bonds. The van der Waals surface area contributed by atoms with Gasteiger partial charge in [0.15, 0.2) is 5.78 Å². The monoisotopic (exact) mass is 375 g/mol. The van der Waals surface area contributed by atoms with E-state index in [4.69, 9.17) is 4.74 Å². The minimum atomic E-state index is -0.507. The highest BCUT2D eigenvalue weighted by Crippen LogP contribution is 2.33. The molecule has 3 rings (SSSR count). The molecular weight excluding hydrogens is 354 g/mol. The largest absolute Gasteiger partial charge is 0.480 e. The summed E-state index contributed by atoms with van der Waals surface area (Å²) in [5, 5.41) is 11.2. The highest BCUT2D eigenvalue weighted by atomic mass is 16.6. The average molecular weight is 375 g/mol. The SMILES string of the molecule is CC(C)C(=O)c1cc([N+](=O)[O-])ccc1OC(c1ccccc1)c1ccccc1. The number of carbonyl (C=O) groups is 1. The van der Waals surface area contributed by atoms with E-state index in [1.54, 1.807) is 13.8 Å². The number of ether oxygens (including phenoxy) is 1. The topological polar surface area (TPSA) is 69.4 Å². The highest BCUT2D eigenvalue weighted by Gasteiger charge is 2.23. The zero-order valence-corrected chi connectivity index (χ0v) is 15.7. The summed E-state index contributed by atoms with van der Waals surface area (Å²) in [6, 6.07) is 23.5. The molecule has 0 aliphatic rings. The first-order chi connectivity index (χ1) is 13.5. The van der Waals surface area contributed by atoms with Gasteiger partial charge in [0.05, 0.1) is 10.5 Å². The normalized spacial score (nSPS) is 10.9. The van der Waals surface area contributed by atoms with E-state index >= 15 is 0 Å². The van der Waals surface area contributed by atoms with Crippen LogP contribution in [0.15, 0.2) is 78.9 Å².